The Bertz CT molecular complexity index is 420. The number of anilines is 1. The van der Waals surface area contributed by atoms with Gasteiger partial charge in [-0.05, 0) is 45.1 Å². The van der Waals surface area contributed by atoms with Crippen LogP contribution in [-0.4, -0.2) is 43.2 Å². The first-order valence-corrected chi connectivity index (χ1v) is 6.75. The highest BCUT2D eigenvalue weighted by atomic mass is 35.5. The molecule has 2 rings (SSSR count). The normalized spacial score (nSPS) is 21.7. The highest BCUT2D eigenvalue weighted by Crippen LogP contribution is 2.31. The van der Waals surface area contributed by atoms with Crippen LogP contribution in [0, 0.1) is 0 Å². The van der Waals surface area contributed by atoms with Gasteiger partial charge in [0.25, 0.3) is 0 Å². The van der Waals surface area contributed by atoms with Crippen molar-refractivity contribution in [2.45, 2.75) is 25.5 Å². The summed E-state index contributed by atoms with van der Waals surface area (Å²) in [6, 6.07) is 6.43. The van der Waals surface area contributed by atoms with Gasteiger partial charge in [-0.1, -0.05) is 17.7 Å². The predicted octanol–water partition coefficient (Wildman–Crippen LogP) is 2.53. The van der Waals surface area contributed by atoms with Crippen molar-refractivity contribution >= 4 is 17.3 Å². The first-order valence-electron chi connectivity index (χ1n) is 6.38. The number of rotatable bonds is 3. The molecule has 0 saturated carbocycles. The van der Waals surface area contributed by atoms with Gasteiger partial charge in [0.1, 0.15) is 0 Å². The molecule has 100 valence electrons. The molecule has 1 N–H and O–H groups in total. The van der Waals surface area contributed by atoms with Crippen LogP contribution in [0.1, 0.15) is 25.0 Å². The van der Waals surface area contributed by atoms with Crippen LogP contribution in [0.4, 0.5) is 5.69 Å². The number of benzene rings is 1. The molecular weight excluding hydrogens is 248 g/mol. The highest BCUT2D eigenvalue weighted by Gasteiger charge is 2.25. The first kappa shape index (κ1) is 13.7. The summed E-state index contributed by atoms with van der Waals surface area (Å²) in [5.41, 5.74) is 1.94. The molecular formula is C14H21ClN2O. The molecule has 1 aliphatic rings. The van der Waals surface area contributed by atoms with Gasteiger partial charge in [-0.2, -0.15) is 0 Å². The minimum atomic E-state index is -0.468. The van der Waals surface area contributed by atoms with E-state index in [1.54, 1.807) is 6.92 Å². The molecule has 1 aromatic rings. The third kappa shape index (κ3) is 2.79. The summed E-state index contributed by atoms with van der Waals surface area (Å²) in [5.74, 6) is 0. The maximum absolute atomic E-state index is 9.54. The topological polar surface area (TPSA) is 26.7 Å². The second kappa shape index (κ2) is 5.47. The Morgan fingerprint density at radius 1 is 1.44 bits per heavy atom. The number of aliphatic hydroxyl groups excluding tert-OH is 1. The van der Waals surface area contributed by atoms with Crippen molar-refractivity contribution in [1.29, 1.82) is 0 Å². The summed E-state index contributed by atoms with van der Waals surface area (Å²) in [4.78, 5) is 4.58. The smallest absolute Gasteiger partial charge is 0.0762 e. The van der Waals surface area contributed by atoms with Crippen molar-refractivity contribution in [2.75, 3.05) is 32.1 Å². The van der Waals surface area contributed by atoms with Crippen LogP contribution in [0.15, 0.2) is 18.2 Å². The largest absolute Gasteiger partial charge is 0.389 e. The Hall–Kier alpha value is -0.770. The number of nitrogens with zero attached hydrogens (tertiary/aromatic N) is 2. The lowest BCUT2D eigenvalue weighted by molar-refractivity contribution is 0.199. The molecule has 0 spiro atoms. The van der Waals surface area contributed by atoms with E-state index in [9.17, 15) is 5.11 Å². The van der Waals surface area contributed by atoms with Gasteiger partial charge in [0.2, 0.25) is 0 Å². The van der Waals surface area contributed by atoms with E-state index in [1.165, 1.54) is 6.42 Å². The van der Waals surface area contributed by atoms with Crippen molar-refractivity contribution < 1.29 is 5.11 Å². The third-order valence-electron chi connectivity index (χ3n) is 3.69. The maximum Gasteiger partial charge on any atom is 0.0762 e. The van der Waals surface area contributed by atoms with Gasteiger partial charge in [0, 0.05) is 19.1 Å². The van der Waals surface area contributed by atoms with E-state index >= 15 is 0 Å². The molecule has 1 heterocycles. The van der Waals surface area contributed by atoms with E-state index in [0.717, 1.165) is 29.4 Å². The van der Waals surface area contributed by atoms with Crippen molar-refractivity contribution in [1.82, 2.24) is 4.90 Å². The molecule has 1 fully saturated rings. The SMILES string of the molecule is CC(O)c1ccc(N2CCC(N(C)C)C2)c(Cl)c1. The van der Waals surface area contributed by atoms with Crippen LogP contribution < -0.4 is 4.90 Å². The van der Waals surface area contributed by atoms with E-state index < -0.39 is 6.10 Å². The Kier molecular flexibility index (Phi) is 4.15. The standard InChI is InChI=1S/C14H21ClN2O/c1-10(18)11-4-5-14(13(15)8-11)17-7-6-12(9-17)16(2)3/h4-5,8,10,12,18H,6-7,9H2,1-3H3. The summed E-state index contributed by atoms with van der Waals surface area (Å²) in [6.45, 7) is 3.81. The molecule has 2 unspecified atom stereocenters. The lowest BCUT2D eigenvalue weighted by Crippen LogP contribution is -2.31. The lowest BCUT2D eigenvalue weighted by Gasteiger charge is -2.23. The predicted molar refractivity (Wildman–Crippen MR) is 76.4 cm³/mol. The molecule has 1 aliphatic heterocycles. The van der Waals surface area contributed by atoms with Crippen molar-refractivity contribution in [3.63, 3.8) is 0 Å². The molecule has 0 bridgehead atoms. The number of likely N-dealkylation sites (N-methyl/N-ethyl adjacent to an activating group) is 1. The molecule has 0 aromatic heterocycles. The fraction of sp³-hybridized carbons (Fsp3) is 0.571. The number of hydrogen-bond acceptors (Lipinski definition) is 3. The molecule has 18 heavy (non-hydrogen) atoms. The molecule has 0 radical (unpaired) electrons. The van der Waals surface area contributed by atoms with Gasteiger partial charge in [-0.3, -0.25) is 0 Å². The molecule has 0 amide bonds. The van der Waals surface area contributed by atoms with Crippen LogP contribution in [0.5, 0.6) is 0 Å². The Morgan fingerprint density at radius 2 is 2.17 bits per heavy atom. The third-order valence-corrected chi connectivity index (χ3v) is 3.99. The molecule has 1 saturated heterocycles. The second-order valence-electron chi connectivity index (χ2n) is 5.24. The summed E-state index contributed by atoms with van der Waals surface area (Å²) in [5, 5.41) is 10.3. The van der Waals surface area contributed by atoms with Crippen molar-refractivity contribution in [2.24, 2.45) is 0 Å². The zero-order valence-electron chi connectivity index (χ0n) is 11.2. The van der Waals surface area contributed by atoms with Crippen LogP contribution in [-0.2, 0) is 0 Å². The monoisotopic (exact) mass is 268 g/mol. The average molecular weight is 269 g/mol. The minimum absolute atomic E-state index is 0.468. The van der Waals surface area contributed by atoms with E-state index in [2.05, 4.69) is 23.9 Å². The number of halogens is 1. The molecule has 2 atom stereocenters. The number of aliphatic hydroxyl groups is 1. The van der Waals surface area contributed by atoms with E-state index in [4.69, 9.17) is 11.6 Å². The fourth-order valence-corrected chi connectivity index (χ4v) is 2.73. The first-order chi connectivity index (χ1) is 8.49. The van der Waals surface area contributed by atoms with Gasteiger partial charge >= 0.3 is 0 Å². The van der Waals surface area contributed by atoms with Gasteiger partial charge in [-0.25, -0.2) is 0 Å². The van der Waals surface area contributed by atoms with E-state index in [-0.39, 0.29) is 0 Å². The zero-order valence-corrected chi connectivity index (χ0v) is 12.0. The number of hydrogen-bond donors (Lipinski definition) is 1. The van der Waals surface area contributed by atoms with Crippen molar-refractivity contribution in [3.05, 3.63) is 28.8 Å². The van der Waals surface area contributed by atoms with Crippen LogP contribution >= 0.6 is 11.6 Å². The lowest BCUT2D eigenvalue weighted by atomic mass is 10.1. The molecule has 1 aromatic carbocycles. The Labute approximate surface area is 114 Å². The van der Waals surface area contributed by atoms with E-state index in [0.29, 0.717) is 6.04 Å². The summed E-state index contributed by atoms with van der Waals surface area (Å²) < 4.78 is 0. The highest BCUT2D eigenvalue weighted by molar-refractivity contribution is 6.33. The second-order valence-corrected chi connectivity index (χ2v) is 5.65. The van der Waals surface area contributed by atoms with Gasteiger partial charge in [0.15, 0.2) is 0 Å². The Morgan fingerprint density at radius 3 is 2.67 bits per heavy atom. The van der Waals surface area contributed by atoms with E-state index in [1.807, 2.05) is 18.2 Å². The van der Waals surface area contributed by atoms with Crippen LogP contribution in [0.25, 0.3) is 0 Å². The van der Waals surface area contributed by atoms with Crippen LogP contribution in [0.2, 0.25) is 5.02 Å². The fourth-order valence-electron chi connectivity index (χ4n) is 2.42. The summed E-state index contributed by atoms with van der Waals surface area (Å²) >= 11 is 6.31. The van der Waals surface area contributed by atoms with Crippen LogP contribution in [0.3, 0.4) is 0 Å². The Balaban J connectivity index is 2.15. The zero-order chi connectivity index (χ0) is 13.3. The summed E-state index contributed by atoms with van der Waals surface area (Å²) in [6.07, 6.45) is 0.700. The quantitative estimate of drug-likeness (QED) is 0.913. The van der Waals surface area contributed by atoms with Gasteiger partial charge < -0.3 is 14.9 Å². The molecule has 3 nitrogen and oxygen atoms in total. The minimum Gasteiger partial charge on any atom is -0.389 e. The van der Waals surface area contributed by atoms with Gasteiger partial charge in [0.05, 0.1) is 16.8 Å². The average Bonchev–Trinajstić information content (AvgIpc) is 2.78. The van der Waals surface area contributed by atoms with Crippen molar-refractivity contribution in [3.8, 4) is 0 Å². The molecule has 4 heteroatoms. The maximum atomic E-state index is 9.54. The summed E-state index contributed by atoms with van der Waals surface area (Å²) in [7, 11) is 4.23. The molecule has 0 aliphatic carbocycles. The van der Waals surface area contributed by atoms with Gasteiger partial charge in [-0.15, -0.1) is 0 Å².